The first-order valence-corrected chi connectivity index (χ1v) is 4.85. The van der Waals surface area contributed by atoms with Crippen molar-refractivity contribution in [2.45, 2.75) is 12.3 Å². The monoisotopic (exact) mass is 258 g/mol. The van der Waals surface area contributed by atoms with Gasteiger partial charge in [-0.15, -0.1) is 0 Å². The molecule has 1 aromatic rings. The molecule has 2 rings (SSSR count). The number of aliphatic carboxylic acids is 1. The highest BCUT2D eigenvalue weighted by atomic mass is 19.4. The summed E-state index contributed by atoms with van der Waals surface area (Å²) in [5, 5.41) is 10.7. The largest absolute Gasteiger partial charge is 0.545 e. The molecular weight excluding hydrogens is 251 g/mol. The van der Waals surface area contributed by atoms with Crippen molar-refractivity contribution >= 4 is 17.7 Å². The molecule has 0 spiro atoms. The number of nitrogens with two attached hydrogens (primary N) is 1. The van der Waals surface area contributed by atoms with E-state index in [1.54, 1.807) is 0 Å². The molecule has 2 N–H and O–H groups in total. The Hall–Kier alpha value is -2.18. The number of carbonyl (C=O) groups is 1. The first kappa shape index (κ1) is 12.3. The maximum absolute atomic E-state index is 12.6. The van der Waals surface area contributed by atoms with Crippen molar-refractivity contribution in [1.82, 2.24) is 0 Å². The van der Waals surface area contributed by atoms with Gasteiger partial charge in [-0.05, 0) is 24.3 Å². The number of hydrogen-bond acceptors (Lipinski definition) is 4. The van der Waals surface area contributed by atoms with Crippen LogP contribution < -0.4 is 15.6 Å². The Balaban J connectivity index is 2.53. The van der Waals surface area contributed by atoms with E-state index in [2.05, 4.69) is 4.74 Å². The normalized spacial score (nSPS) is 18.6. The molecule has 0 aromatic heterocycles. The smallest absolute Gasteiger partial charge is 0.429 e. The molecule has 96 valence electrons. The van der Waals surface area contributed by atoms with Crippen molar-refractivity contribution in [2.75, 3.05) is 5.73 Å². The SMILES string of the molecule is Nc1ccc2c(c1)C=C(C(=O)[O-])C(C(F)(F)F)O2. The van der Waals surface area contributed by atoms with Gasteiger partial charge in [0.05, 0.1) is 5.97 Å². The molecule has 0 saturated heterocycles. The third-order valence-corrected chi connectivity index (χ3v) is 2.41. The predicted molar refractivity (Wildman–Crippen MR) is 54.3 cm³/mol. The highest BCUT2D eigenvalue weighted by Gasteiger charge is 2.46. The summed E-state index contributed by atoms with van der Waals surface area (Å²) in [6.45, 7) is 0. The van der Waals surface area contributed by atoms with Gasteiger partial charge in [-0.25, -0.2) is 0 Å². The number of nitrogen functional groups attached to an aromatic ring is 1. The van der Waals surface area contributed by atoms with Gasteiger partial charge in [0.2, 0.25) is 6.10 Å². The molecule has 1 heterocycles. The zero-order valence-electron chi connectivity index (χ0n) is 8.82. The standard InChI is InChI=1S/C11H8F3NO3/c12-11(13,14)9-7(10(16)17)4-5-3-6(15)1-2-8(5)18-9/h1-4,9H,15H2,(H,16,17)/p-1. The molecule has 1 aromatic carbocycles. The first-order chi connectivity index (χ1) is 8.29. The van der Waals surface area contributed by atoms with Crippen molar-refractivity contribution in [2.24, 2.45) is 0 Å². The fourth-order valence-corrected chi connectivity index (χ4v) is 1.63. The minimum Gasteiger partial charge on any atom is -0.545 e. The van der Waals surface area contributed by atoms with E-state index in [4.69, 9.17) is 5.73 Å². The van der Waals surface area contributed by atoms with E-state index in [0.717, 1.165) is 6.08 Å². The molecule has 1 unspecified atom stereocenters. The maximum atomic E-state index is 12.6. The number of carbonyl (C=O) groups excluding carboxylic acids is 1. The highest BCUT2D eigenvalue weighted by molar-refractivity contribution is 5.93. The van der Waals surface area contributed by atoms with Crippen molar-refractivity contribution in [3.63, 3.8) is 0 Å². The molecule has 18 heavy (non-hydrogen) atoms. The fraction of sp³-hybridized carbons (Fsp3) is 0.182. The predicted octanol–water partition coefficient (Wildman–Crippen LogP) is 0.725. The molecule has 0 amide bonds. The lowest BCUT2D eigenvalue weighted by atomic mass is 10.0. The minimum atomic E-state index is -4.83. The highest BCUT2D eigenvalue weighted by Crippen LogP contribution is 2.37. The number of halogens is 3. The molecule has 0 bridgehead atoms. The molecule has 0 radical (unpaired) electrons. The first-order valence-electron chi connectivity index (χ1n) is 4.85. The second-order valence-corrected chi connectivity index (χ2v) is 3.72. The Bertz CT molecular complexity index is 537. The quantitative estimate of drug-likeness (QED) is 0.753. The van der Waals surface area contributed by atoms with Crippen LogP contribution in [0.15, 0.2) is 23.8 Å². The van der Waals surface area contributed by atoms with Crippen LogP contribution in [0.5, 0.6) is 5.75 Å². The number of anilines is 1. The van der Waals surface area contributed by atoms with Gasteiger partial charge >= 0.3 is 6.18 Å². The number of hydrogen-bond donors (Lipinski definition) is 1. The molecule has 0 fully saturated rings. The Morgan fingerprint density at radius 3 is 2.61 bits per heavy atom. The number of benzene rings is 1. The van der Waals surface area contributed by atoms with Crippen molar-refractivity contribution in [3.05, 3.63) is 29.3 Å². The van der Waals surface area contributed by atoms with Gasteiger partial charge in [0, 0.05) is 16.8 Å². The van der Waals surface area contributed by atoms with Crippen LogP contribution in [0.1, 0.15) is 5.56 Å². The van der Waals surface area contributed by atoms with Gasteiger partial charge in [-0.3, -0.25) is 0 Å². The summed E-state index contributed by atoms with van der Waals surface area (Å²) in [4.78, 5) is 10.7. The van der Waals surface area contributed by atoms with Crippen molar-refractivity contribution in [3.8, 4) is 5.75 Å². The second-order valence-electron chi connectivity index (χ2n) is 3.72. The number of alkyl halides is 3. The van der Waals surface area contributed by atoms with E-state index >= 15 is 0 Å². The topological polar surface area (TPSA) is 75.4 Å². The van der Waals surface area contributed by atoms with E-state index in [0.29, 0.717) is 0 Å². The van der Waals surface area contributed by atoms with Crippen LogP contribution in [0.2, 0.25) is 0 Å². The molecule has 1 atom stereocenters. The average Bonchev–Trinajstić information content (AvgIpc) is 2.25. The summed E-state index contributed by atoms with van der Waals surface area (Å²) >= 11 is 0. The van der Waals surface area contributed by atoms with Crippen LogP contribution in [0.4, 0.5) is 18.9 Å². The summed E-state index contributed by atoms with van der Waals surface area (Å²) in [7, 11) is 0. The van der Waals surface area contributed by atoms with Gasteiger partial charge in [-0.2, -0.15) is 13.2 Å². The zero-order chi connectivity index (χ0) is 13.5. The molecule has 4 nitrogen and oxygen atoms in total. The lowest BCUT2D eigenvalue weighted by Crippen LogP contribution is -2.44. The average molecular weight is 258 g/mol. The molecule has 0 saturated carbocycles. The molecule has 1 aliphatic rings. The maximum Gasteiger partial charge on any atom is 0.429 e. The van der Waals surface area contributed by atoms with Crippen LogP contribution in [0.3, 0.4) is 0 Å². The van der Waals surface area contributed by atoms with Gasteiger partial charge in [0.1, 0.15) is 5.75 Å². The lowest BCUT2D eigenvalue weighted by molar-refractivity contribution is -0.302. The van der Waals surface area contributed by atoms with Gasteiger partial charge < -0.3 is 20.4 Å². The summed E-state index contributed by atoms with van der Waals surface area (Å²) in [6, 6.07) is 3.95. The van der Waals surface area contributed by atoms with E-state index in [9.17, 15) is 23.1 Å². The summed E-state index contributed by atoms with van der Waals surface area (Å²) in [5.41, 5.74) is 4.95. The third-order valence-electron chi connectivity index (χ3n) is 2.41. The van der Waals surface area contributed by atoms with Crippen LogP contribution in [-0.2, 0) is 4.79 Å². The van der Waals surface area contributed by atoms with Crippen LogP contribution in [-0.4, -0.2) is 18.2 Å². The van der Waals surface area contributed by atoms with Crippen molar-refractivity contribution in [1.29, 1.82) is 0 Å². The summed E-state index contributed by atoms with van der Waals surface area (Å²) in [6.07, 6.45) is -6.49. The Labute approximate surface area is 99.5 Å². The van der Waals surface area contributed by atoms with E-state index in [1.165, 1.54) is 18.2 Å². The molecule has 7 heteroatoms. The van der Waals surface area contributed by atoms with Crippen molar-refractivity contribution < 1.29 is 27.8 Å². The number of ether oxygens (including phenoxy) is 1. The van der Waals surface area contributed by atoms with Crippen LogP contribution in [0.25, 0.3) is 6.08 Å². The van der Waals surface area contributed by atoms with Gasteiger partial charge in [0.15, 0.2) is 0 Å². The number of rotatable bonds is 1. The number of carboxylic acids is 1. The van der Waals surface area contributed by atoms with Gasteiger partial charge in [0.25, 0.3) is 0 Å². The molecule has 0 aliphatic carbocycles. The van der Waals surface area contributed by atoms with E-state index < -0.39 is 23.8 Å². The lowest BCUT2D eigenvalue weighted by Gasteiger charge is -2.29. The van der Waals surface area contributed by atoms with Crippen LogP contribution in [0, 0.1) is 0 Å². The Kier molecular flexibility index (Phi) is 2.68. The Morgan fingerprint density at radius 1 is 1.39 bits per heavy atom. The van der Waals surface area contributed by atoms with E-state index in [-0.39, 0.29) is 17.0 Å². The summed E-state index contributed by atoms with van der Waals surface area (Å²) < 4.78 is 42.6. The number of fused-ring (bicyclic) bond motifs is 1. The minimum absolute atomic E-state index is 0.0727. The summed E-state index contributed by atoms with van der Waals surface area (Å²) in [5.74, 6) is -2.00. The number of carboxylic acid groups (broad SMARTS) is 1. The van der Waals surface area contributed by atoms with E-state index in [1.807, 2.05) is 0 Å². The molecule has 1 aliphatic heterocycles. The third kappa shape index (κ3) is 2.11. The molecular formula is C11H7F3NO3-. The Morgan fingerprint density at radius 2 is 2.06 bits per heavy atom. The van der Waals surface area contributed by atoms with Gasteiger partial charge in [-0.1, -0.05) is 0 Å². The second kappa shape index (κ2) is 3.94. The fourth-order valence-electron chi connectivity index (χ4n) is 1.63. The zero-order valence-corrected chi connectivity index (χ0v) is 8.82. The van der Waals surface area contributed by atoms with Crippen LogP contribution >= 0.6 is 0 Å².